The highest BCUT2D eigenvalue weighted by Crippen LogP contribution is 2.38. The molecule has 26 heavy (non-hydrogen) atoms. The van der Waals surface area contributed by atoms with Crippen LogP contribution in [-0.4, -0.2) is 35.0 Å². The van der Waals surface area contributed by atoms with Crippen LogP contribution in [0.1, 0.15) is 101 Å². The molecule has 2 saturated heterocycles. The number of nitrogens with zero attached hydrogens (tertiary/aromatic N) is 1. The molecular formula is C24H49NS. The van der Waals surface area contributed by atoms with Crippen molar-refractivity contribution in [2.45, 2.75) is 106 Å². The summed E-state index contributed by atoms with van der Waals surface area (Å²) >= 11 is 2.07. The molecule has 3 fully saturated rings. The summed E-state index contributed by atoms with van der Waals surface area (Å²) in [7, 11) is 0. The Kier molecular flexibility index (Phi) is 9.54. The Morgan fingerprint density at radius 3 is 1.19 bits per heavy atom. The van der Waals surface area contributed by atoms with Crippen molar-refractivity contribution >= 4 is 11.8 Å². The summed E-state index contributed by atoms with van der Waals surface area (Å²) in [5.74, 6) is 4.78. The lowest BCUT2D eigenvalue weighted by atomic mass is 9.72. The Bertz CT molecular complexity index is 344. The molecule has 0 unspecified atom stereocenters. The van der Waals surface area contributed by atoms with Crippen LogP contribution in [0.15, 0.2) is 0 Å². The molecule has 0 amide bonds. The van der Waals surface area contributed by atoms with Crippen LogP contribution in [0.25, 0.3) is 0 Å². The molecule has 3 aliphatic rings. The molecule has 0 aromatic carbocycles. The van der Waals surface area contributed by atoms with E-state index in [1.807, 2.05) is 0 Å². The summed E-state index contributed by atoms with van der Waals surface area (Å²) in [5.41, 5.74) is 1.57. The third-order valence-electron chi connectivity index (χ3n) is 6.50. The predicted molar refractivity (Wildman–Crippen MR) is 122 cm³/mol. The fourth-order valence-electron chi connectivity index (χ4n) is 3.69. The number of likely N-dealkylation sites (tertiary alicyclic amines) is 1. The van der Waals surface area contributed by atoms with Gasteiger partial charge in [0.1, 0.15) is 0 Å². The van der Waals surface area contributed by atoms with Crippen LogP contribution in [0.2, 0.25) is 0 Å². The van der Waals surface area contributed by atoms with Gasteiger partial charge in [0.05, 0.1) is 0 Å². The molecule has 2 aliphatic heterocycles. The van der Waals surface area contributed by atoms with E-state index in [0.29, 0.717) is 16.4 Å². The molecule has 2 heteroatoms. The van der Waals surface area contributed by atoms with E-state index in [9.17, 15) is 0 Å². The fraction of sp³-hybridized carbons (Fsp3) is 1.00. The lowest BCUT2D eigenvalue weighted by Gasteiger charge is -2.42. The number of hydrogen-bond donors (Lipinski definition) is 0. The molecule has 0 radical (unpaired) electrons. The highest BCUT2D eigenvalue weighted by Gasteiger charge is 2.30. The number of rotatable bonds is 0. The highest BCUT2D eigenvalue weighted by molar-refractivity contribution is 8.00. The Hall–Kier alpha value is 0.310. The molecule has 2 heterocycles. The van der Waals surface area contributed by atoms with Gasteiger partial charge in [-0.2, -0.15) is 11.8 Å². The first kappa shape index (κ1) is 24.3. The normalized spacial score (nSPS) is 23.0. The molecule has 0 aromatic rings. The van der Waals surface area contributed by atoms with E-state index in [2.05, 4.69) is 79.0 Å². The predicted octanol–water partition coefficient (Wildman–Crippen LogP) is 7.50. The Morgan fingerprint density at radius 1 is 0.615 bits per heavy atom. The van der Waals surface area contributed by atoms with E-state index >= 15 is 0 Å². The summed E-state index contributed by atoms with van der Waals surface area (Å²) in [6.07, 6.45) is 8.78. The van der Waals surface area contributed by atoms with Crippen LogP contribution in [0.5, 0.6) is 0 Å². The third-order valence-corrected chi connectivity index (χ3v) is 7.77. The van der Waals surface area contributed by atoms with E-state index in [0.717, 1.165) is 11.8 Å². The minimum Gasteiger partial charge on any atom is -0.298 e. The van der Waals surface area contributed by atoms with Crippen LogP contribution in [0.4, 0.5) is 0 Å². The minimum atomic E-state index is 0.429. The Morgan fingerprint density at radius 2 is 1.08 bits per heavy atom. The number of hydrogen-bond acceptors (Lipinski definition) is 2. The van der Waals surface area contributed by atoms with Crippen molar-refractivity contribution in [3.05, 3.63) is 0 Å². The van der Waals surface area contributed by atoms with Gasteiger partial charge in [0, 0.05) is 5.54 Å². The fourth-order valence-corrected chi connectivity index (χ4v) is 5.16. The van der Waals surface area contributed by atoms with Gasteiger partial charge >= 0.3 is 0 Å². The second kappa shape index (κ2) is 10.2. The molecular weight excluding hydrogens is 334 g/mol. The second-order valence-corrected chi connectivity index (χ2v) is 12.9. The summed E-state index contributed by atoms with van der Waals surface area (Å²) in [4.78, 5) is 2.49. The van der Waals surface area contributed by atoms with Crippen molar-refractivity contribution < 1.29 is 0 Å². The molecule has 3 rings (SSSR count). The third kappa shape index (κ3) is 9.00. The van der Waals surface area contributed by atoms with Gasteiger partial charge in [0.15, 0.2) is 0 Å². The summed E-state index contributed by atoms with van der Waals surface area (Å²) in [6, 6.07) is 0. The topological polar surface area (TPSA) is 3.24 Å². The maximum Gasteiger partial charge on any atom is 0.0125 e. The SMILES string of the molecule is CC(C)(C)C1CCCCC1.CC(C)(C)C1CSC1.CC(C)(C)N1CCC1. The summed E-state index contributed by atoms with van der Waals surface area (Å²) in [5, 5.41) is 0. The van der Waals surface area contributed by atoms with E-state index in [1.54, 1.807) is 0 Å². The van der Waals surface area contributed by atoms with Crippen LogP contribution in [0.3, 0.4) is 0 Å². The van der Waals surface area contributed by atoms with E-state index in [4.69, 9.17) is 0 Å². The van der Waals surface area contributed by atoms with Gasteiger partial charge in [-0.1, -0.05) is 60.8 Å². The monoisotopic (exact) mass is 383 g/mol. The van der Waals surface area contributed by atoms with Crippen LogP contribution in [0, 0.1) is 22.7 Å². The maximum atomic E-state index is 2.49. The molecule has 1 saturated carbocycles. The van der Waals surface area contributed by atoms with Gasteiger partial charge in [-0.3, -0.25) is 4.90 Å². The zero-order valence-corrected chi connectivity index (χ0v) is 20.4. The van der Waals surface area contributed by atoms with Crippen LogP contribution in [-0.2, 0) is 0 Å². The van der Waals surface area contributed by atoms with Gasteiger partial charge in [-0.15, -0.1) is 0 Å². The molecule has 0 N–H and O–H groups in total. The molecule has 0 aromatic heterocycles. The average molecular weight is 384 g/mol. The Labute approximate surface area is 170 Å². The largest absolute Gasteiger partial charge is 0.298 e. The smallest absolute Gasteiger partial charge is 0.0125 e. The van der Waals surface area contributed by atoms with Crippen molar-refractivity contribution in [1.82, 2.24) is 4.90 Å². The second-order valence-electron chi connectivity index (χ2n) is 11.8. The number of thioether (sulfide) groups is 1. The van der Waals surface area contributed by atoms with E-state index in [1.165, 1.54) is 63.1 Å². The standard InChI is InChI=1S/C10H20.C7H15N.C7H14S/c1-10(2,3)9-7-5-4-6-8-9;1-7(2,3)8-5-4-6-8;1-7(2,3)6-4-8-5-6/h9H,4-8H2,1-3H3;4-6H2,1-3H3;6H,4-5H2,1-3H3. The molecule has 1 aliphatic carbocycles. The van der Waals surface area contributed by atoms with Gasteiger partial charge in [-0.25, -0.2) is 0 Å². The van der Waals surface area contributed by atoms with Crippen molar-refractivity contribution in [2.24, 2.45) is 22.7 Å². The summed E-state index contributed by atoms with van der Waals surface area (Å²) < 4.78 is 0. The zero-order chi connectivity index (χ0) is 20.0. The first-order valence-electron chi connectivity index (χ1n) is 11.1. The van der Waals surface area contributed by atoms with E-state index in [-0.39, 0.29) is 0 Å². The van der Waals surface area contributed by atoms with Gasteiger partial charge in [0.25, 0.3) is 0 Å². The zero-order valence-electron chi connectivity index (χ0n) is 19.6. The molecule has 0 atom stereocenters. The molecule has 156 valence electrons. The van der Waals surface area contributed by atoms with Crippen molar-refractivity contribution in [2.75, 3.05) is 24.6 Å². The van der Waals surface area contributed by atoms with E-state index < -0.39 is 0 Å². The minimum absolute atomic E-state index is 0.429. The maximum absolute atomic E-state index is 2.49. The molecule has 0 bridgehead atoms. The van der Waals surface area contributed by atoms with Gasteiger partial charge in [-0.05, 0) is 87.3 Å². The molecule has 1 nitrogen and oxygen atoms in total. The molecule has 0 spiro atoms. The lowest BCUT2D eigenvalue weighted by Crippen LogP contribution is -2.49. The van der Waals surface area contributed by atoms with Crippen LogP contribution >= 0.6 is 11.8 Å². The van der Waals surface area contributed by atoms with Gasteiger partial charge in [0.2, 0.25) is 0 Å². The highest BCUT2D eigenvalue weighted by atomic mass is 32.2. The van der Waals surface area contributed by atoms with Crippen molar-refractivity contribution in [1.29, 1.82) is 0 Å². The lowest BCUT2D eigenvalue weighted by molar-refractivity contribution is 0.0690. The van der Waals surface area contributed by atoms with Crippen molar-refractivity contribution in [3.63, 3.8) is 0 Å². The first-order valence-corrected chi connectivity index (χ1v) is 12.3. The Balaban J connectivity index is 0.000000197. The van der Waals surface area contributed by atoms with Gasteiger partial charge < -0.3 is 0 Å². The summed E-state index contributed by atoms with van der Waals surface area (Å²) in [6.45, 7) is 23.6. The average Bonchev–Trinajstić information content (AvgIpc) is 2.31. The quantitative estimate of drug-likeness (QED) is 0.426. The first-order chi connectivity index (χ1) is 11.8. The van der Waals surface area contributed by atoms with Crippen LogP contribution < -0.4 is 0 Å². The van der Waals surface area contributed by atoms with Crippen molar-refractivity contribution in [3.8, 4) is 0 Å².